The Bertz CT molecular complexity index is 1200. The first-order valence-corrected chi connectivity index (χ1v) is 15.3. The van der Waals surface area contributed by atoms with Crippen molar-refractivity contribution >= 4 is 17.7 Å². The van der Waals surface area contributed by atoms with Gasteiger partial charge in [0.2, 0.25) is 17.7 Å². The molecule has 41 heavy (non-hydrogen) atoms. The molecule has 1 aliphatic carbocycles. The van der Waals surface area contributed by atoms with Crippen molar-refractivity contribution in [3.8, 4) is 0 Å². The van der Waals surface area contributed by atoms with E-state index in [1.165, 1.54) is 28.5 Å². The molecule has 3 amide bonds. The van der Waals surface area contributed by atoms with E-state index < -0.39 is 24.1 Å². The van der Waals surface area contributed by atoms with Crippen LogP contribution in [0.2, 0.25) is 0 Å². The molecule has 0 radical (unpaired) electrons. The van der Waals surface area contributed by atoms with Gasteiger partial charge in [-0.3, -0.25) is 14.4 Å². The molecule has 2 aromatic carbocycles. The summed E-state index contributed by atoms with van der Waals surface area (Å²) in [6.45, 7) is 6.12. The average Bonchev–Trinajstić information content (AvgIpc) is 2.94. The Morgan fingerprint density at radius 1 is 0.902 bits per heavy atom. The van der Waals surface area contributed by atoms with Gasteiger partial charge in [-0.25, -0.2) is 0 Å². The van der Waals surface area contributed by atoms with Crippen molar-refractivity contribution in [2.45, 2.75) is 90.3 Å². The van der Waals surface area contributed by atoms with Crippen LogP contribution in [0.25, 0.3) is 0 Å². The Labute approximate surface area is 245 Å². The zero-order valence-corrected chi connectivity index (χ0v) is 25.1. The number of aliphatic hydroxyl groups excluding tert-OH is 1. The number of benzene rings is 2. The standard InChI is InChI=1S/C34H47N3O4/c1-22(2)28-18-16-25-15-17-27-13-8-12-26(29(27)20-25)14-9-19-35-32(39)30(21-24-10-6-5-7-11-24)36-33(40)31(23(3)38)37(4)34(28)41/h5-8,10-13,22-23,25,28,30-31,38H,9,14-21H2,1-4H3,(H,35,39)(H,36,40)/t23?,25?,28-,30+,31-/m0/s1. The maximum Gasteiger partial charge on any atom is 0.246 e. The van der Waals surface area contributed by atoms with Crippen LogP contribution in [0.5, 0.6) is 0 Å². The molecule has 2 aliphatic rings. The Morgan fingerprint density at radius 2 is 1.61 bits per heavy atom. The number of aryl methyl sites for hydroxylation is 2. The summed E-state index contributed by atoms with van der Waals surface area (Å²) in [6, 6.07) is 14.2. The number of amides is 3. The quantitative estimate of drug-likeness (QED) is 0.528. The lowest BCUT2D eigenvalue weighted by Crippen LogP contribution is -2.58. The molecule has 0 fully saturated rings. The van der Waals surface area contributed by atoms with Crippen LogP contribution in [0.3, 0.4) is 0 Å². The normalized spacial score (nSPS) is 25.6. The molecule has 1 heterocycles. The number of rotatable bonds is 4. The molecule has 0 aromatic heterocycles. The second-order valence-corrected chi connectivity index (χ2v) is 12.4. The van der Waals surface area contributed by atoms with Crippen molar-refractivity contribution in [3.05, 3.63) is 70.8 Å². The fourth-order valence-electron chi connectivity index (χ4n) is 6.62. The lowest BCUT2D eigenvalue weighted by Gasteiger charge is -2.35. The van der Waals surface area contributed by atoms with E-state index in [0.29, 0.717) is 18.9 Å². The summed E-state index contributed by atoms with van der Waals surface area (Å²) in [6.07, 6.45) is 5.79. The number of carbonyl (C=O) groups excluding carboxylic acids is 3. The minimum atomic E-state index is -1.10. The summed E-state index contributed by atoms with van der Waals surface area (Å²) in [5.41, 5.74) is 5.15. The third kappa shape index (κ3) is 7.76. The number of nitrogens with zero attached hydrogens (tertiary/aromatic N) is 1. The van der Waals surface area contributed by atoms with Crippen LogP contribution in [0.1, 0.15) is 68.7 Å². The predicted molar refractivity (Wildman–Crippen MR) is 161 cm³/mol. The van der Waals surface area contributed by atoms with Gasteiger partial charge in [-0.1, -0.05) is 62.4 Å². The van der Waals surface area contributed by atoms with Crippen LogP contribution in [0.15, 0.2) is 48.5 Å². The molecule has 2 aromatic rings. The molecule has 2 bridgehead atoms. The molecular weight excluding hydrogens is 514 g/mol. The maximum absolute atomic E-state index is 13.8. The van der Waals surface area contributed by atoms with E-state index in [-0.39, 0.29) is 23.7 Å². The predicted octanol–water partition coefficient (Wildman–Crippen LogP) is 3.84. The van der Waals surface area contributed by atoms with Crippen molar-refractivity contribution in [2.24, 2.45) is 17.8 Å². The first-order valence-electron chi connectivity index (χ1n) is 15.3. The Hall–Kier alpha value is -3.19. The minimum Gasteiger partial charge on any atom is -0.391 e. The molecule has 1 aliphatic heterocycles. The zero-order chi connectivity index (χ0) is 29.5. The molecule has 0 saturated heterocycles. The largest absolute Gasteiger partial charge is 0.391 e. The van der Waals surface area contributed by atoms with Gasteiger partial charge in [-0.15, -0.1) is 0 Å². The van der Waals surface area contributed by atoms with Gasteiger partial charge in [0.05, 0.1) is 6.10 Å². The van der Waals surface area contributed by atoms with Crippen LogP contribution in [-0.4, -0.2) is 59.5 Å². The highest BCUT2D eigenvalue weighted by atomic mass is 16.3. The summed E-state index contributed by atoms with van der Waals surface area (Å²) in [7, 11) is 1.60. The lowest BCUT2D eigenvalue weighted by molar-refractivity contribution is -0.147. The average molecular weight is 562 g/mol. The number of carbonyl (C=O) groups is 3. The molecule has 7 nitrogen and oxygen atoms in total. The van der Waals surface area contributed by atoms with Crippen LogP contribution >= 0.6 is 0 Å². The number of hydrogen-bond donors (Lipinski definition) is 3. The van der Waals surface area contributed by atoms with E-state index in [4.69, 9.17) is 0 Å². The van der Waals surface area contributed by atoms with Crippen molar-refractivity contribution in [1.82, 2.24) is 15.5 Å². The van der Waals surface area contributed by atoms with Crippen LogP contribution in [0, 0.1) is 17.8 Å². The number of aliphatic hydroxyl groups is 1. The van der Waals surface area contributed by atoms with Crippen LogP contribution in [0.4, 0.5) is 0 Å². The van der Waals surface area contributed by atoms with Crippen LogP contribution in [-0.2, 0) is 40.1 Å². The Kier molecular flexibility index (Phi) is 10.6. The Balaban J connectivity index is 1.64. The highest BCUT2D eigenvalue weighted by molar-refractivity contribution is 5.93. The molecule has 3 N–H and O–H groups in total. The summed E-state index contributed by atoms with van der Waals surface area (Å²) in [4.78, 5) is 42.3. The van der Waals surface area contributed by atoms with Gasteiger partial charge in [-0.05, 0) is 86.0 Å². The highest BCUT2D eigenvalue weighted by Crippen LogP contribution is 2.33. The first-order chi connectivity index (χ1) is 19.7. The van der Waals surface area contributed by atoms with Gasteiger partial charge >= 0.3 is 0 Å². The third-order valence-corrected chi connectivity index (χ3v) is 9.02. The molecule has 222 valence electrons. The third-order valence-electron chi connectivity index (χ3n) is 9.02. The fourth-order valence-corrected chi connectivity index (χ4v) is 6.62. The van der Waals surface area contributed by atoms with E-state index in [2.05, 4.69) is 28.8 Å². The van der Waals surface area contributed by atoms with E-state index in [0.717, 1.165) is 50.5 Å². The van der Waals surface area contributed by atoms with Gasteiger partial charge in [0, 0.05) is 25.9 Å². The summed E-state index contributed by atoms with van der Waals surface area (Å²) in [5, 5.41) is 16.6. The van der Waals surface area contributed by atoms with Gasteiger partial charge in [0.1, 0.15) is 12.1 Å². The maximum atomic E-state index is 13.8. The van der Waals surface area contributed by atoms with Crippen molar-refractivity contribution in [1.29, 1.82) is 0 Å². The second kappa shape index (κ2) is 14.1. The molecule has 0 saturated carbocycles. The topological polar surface area (TPSA) is 98.7 Å². The zero-order valence-electron chi connectivity index (χ0n) is 25.1. The molecular formula is C34H47N3O4. The van der Waals surface area contributed by atoms with Gasteiger partial charge < -0.3 is 20.6 Å². The van der Waals surface area contributed by atoms with E-state index in [1.54, 1.807) is 7.05 Å². The van der Waals surface area contributed by atoms with Gasteiger partial charge in [-0.2, -0.15) is 0 Å². The molecule has 5 atom stereocenters. The lowest BCUT2D eigenvalue weighted by atomic mass is 9.77. The second-order valence-electron chi connectivity index (χ2n) is 12.4. The Morgan fingerprint density at radius 3 is 2.29 bits per heavy atom. The number of likely N-dealkylation sites (N-methyl/N-ethyl adjacent to an activating group) is 1. The number of fused-ring (bicyclic) bond motifs is 1. The summed E-state index contributed by atoms with van der Waals surface area (Å²) >= 11 is 0. The molecule has 2 unspecified atom stereocenters. The minimum absolute atomic E-state index is 0.0938. The van der Waals surface area contributed by atoms with Crippen molar-refractivity contribution < 1.29 is 19.5 Å². The highest BCUT2D eigenvalue weighted by Gasteiger charge is 2.37. The van der Waals surface area contributed by atoms with E-state index >= 15 is 0 Å². The smallest absolute Gasteiger partial charge is 0.246 e. The molecule has 7 heteroatoms. The van der Waals surface area contributed by atoms with Crippen LogP contribution < -0.4 is 10.6 Å². The van der Waals surface area contributed by atoms with Gasteiger partial charge in [0.15, 0.2) is 0 Å². The summed E-state index contributed by atoms with van der Waals surface area (Å²) in [5.74, 6) is -0.579. The SMILES string of the molecule is CC(C)[C@@H]1CCC2CCc3cccc(c3C2)CCCNC(=O)[C@@H](Cc2ccccc2)NC(=O)[C@H](C(C)O)N(C)C1=O. The molecule has 4 rings (SSSR count). The van der Waals surface area contributed by atoms with Gasteiger partial charge in [0.25, 0.3) is 0 Å². The number of nitrogens with one attached hydrogen (secondary N) is 2. The summed E-state index contributed by atoms with van der Waals surface area (Å²) < 4.78 is 0. The first kappa shape index (κ1) is 30.8. The molecule has 0 spiro atoms. The number of hydrogen-bond acceptors (Lipinski definition) is 4. The van der Waals surface area contributed by atoms with E-state index in [1.807, 2.05) is 44.2 Å². The fraction of sp³-hybridized carbons (Fsp3) is 0.559. The van der Waals surface area contributed by atoms with E-state index in [9.17, 15) is 19.5 Å². The monoisotopic (exact) mass is 561 g/mol. The van der Waals surface area contributed by atoms with Crippen molar-refractivity contribution in [2.75, 3.05) is 13.6 Å². The van der Waals surface area contributed by atoms with Crippen molar-refractivity contribution in [3.63, 3.8) is 0 Å².